The summed E-state index contributed by atoms with van der Waals surface area (Å²) >= 11 is 8.37. The molecule has 1 fully saturated rings. The fourth-order valence-corrected chi connectivity index (χ4v) is 2.97. The number of hydrogen-bond donors (Lipinski definition) is 0. The maximum Gasteiger partial charge on any atom is 0.146 e. The quantitative estimate of drug-likeness (QED) is 0.558. The monoisotopic (exact) mass is 410 g/mol. The van der Waals surface area contributed by atoms with Crippen LogP contribution in [-0.4, -0.2) is 66.6 Å². The van der Waals surface area contributed by atoms with Crippen LogP contribution in [0, 0.1) is 3.57 Å². The normalized spacial score (nSPS) is 21.4. The van der Waals surface area contributed by atoms with Crippen molar-refractivity contribution in [3.05, 3.63) is 20.2 Å². The summed E-state index contributed by atoms with van der Waals surface area (Å²) in [5.41, 5.74) is 0.870. The van der Waals surface area contributed by atoms with E-state index in [0.29, 0.717) is 17.8 Å². The maximum atomic E-state index is 6.20. The number of nitrogens with zero attached hydrogens (tertiary/aromatic N) is 4. The molecule has 0 radical (unpaired) electrons. The van der Waals surface area contributed by atoms with Crippen molar-refractivity contribution in [3.8, 4) is 0 Å². The molecular formula is C13H20ClIN4O. The summed E-state index contributed by atoms with van der Waals surface area (Å²) in [7, 11) is 5.97. The van der Waals surface area contributed by atoms with E-state index in [0.717, 1.165) is 41.1 Å². The van der Waals surface area contributed by atoms with Gasteiger partial charge in [-0.25, -0.2) is 9.97 Å². The summed E-state index contributed by atoms with van der Waals surface area (Å²) in [4.78, 5) is 13.7. The Kier molecular flexibility index (Phi) is 5.97. The third kappa shape index (κ3) is 4.00. The van der Waals surface area contributed by atoms with Gasteiger partial charge in [-0.05, 0) is 36.7 Å². The van der Waals surface area contributed by atoms with Gasteiger partial charge in [-0.2, -0.15) is 0 Å². The molecule has 0 aromatic carbocycles. The fourth-order valence-electron chi connectivity index (χ4n) is 2.37. The van der Waals surface area contributed by atoms with Gasteiger partial charge < -0.3 is 14.5 Å². The van der Waals surface area contributed by atoms with Crippen LogP contribution in [0.4, 0.5) is 0 Å². The number of likely N-dealkylation sites (N-methyl/N-ethyl adjacent to an activating group) is 2. The van der Waals surface area contributed by atoms with Crippen LogP contribution in [0.2, 0.25) is 5.15 Å². The molecule has 0 amide bonds. The highest BCUT2D eigenvalue weighted by Crippen LogP contribution is 2.21. The van der Waals surface area contributed by atoms with Crippen LogP contribution in [0.1, 0.15) is 11.5 Å². The molecule has 0 bridgehead atoms. The number of halogens is 2. The van der Waals surface area contributed by atoms with Crippen LogP contribution >= 0.6 is 34.2 Å². The third-order valence-corrected chi connectivity index (χ3v) is 5.33. The lowest BCUT2D eigenvalue weighted by atomic mass is 10.1. The van der Waals surface area contributed by atoms with Crippen LogP contribution in [0.5, 0.6) is 0 Å². The number of aromatic nitrogens is 2. The van der Waals surface area contributed by atoms with E-state index in [4.69, 9.17) is 16.3 Å². The van der Waals surface area contributed by atoms with Crippen molar-refractivity contribution in [1.82, 2.24) is 19.8 Å². The Morgan fingerprint density at radius 1 is 1.35 bits per heavy atom. The molecule has 2 rings (SSSR count). The average Bonchev–Trinajstić information content (AvgIpc) is 2.40. The molecule has 1 saturated heterocycles. The molecule has 5 nitrogen and oxygen atoms in total. The minimum absolute atomic E-state index is 0.431. The molecule has 1 atom stereocenters. The van der Waals surface area contributed by atoms with Crippen molar-refractivity contribution in [3.63, 3.8) is 0 Å². The zero-order chi connectivity index (χ0) is 14.7. The van der Waals surface area contributed by atoms with E-state index in [1.807, 2.05) is 0 Å². The molecule has 1 aromatic heterocycles. The van der Waals surface area contributed by atoms with Crippen LogP contribution in [0.3, 0.4) is 0 Å². The van der Waals surface area contributed by atoms with Gasteiger partial charge in [0, 0.05) is 39.2 Å². The first-order valence-electron chi connectivity index (χ1n) is 6.59. The molecule has 7 heteroatoms. The van der Waals surface area contributed by atoms with E-state index in [-0.39, 0.29) is 0 Å². The number of piperazine rings is 1. The molecular weight excluding hydrogens is 391 g/mol. The molecule has 1 aromatic rings. The van der Waals surface area contributed by atoms with Gasteiger partial charge in [-0.1, -0.05) is 11.6 Å². The lowest BCUT2D eigenvalue weighted by Gasteiger charge is -2.37. The van der Waals surface area contributed by atoms with Gasteiger partial charge in [0.2, 0.25) is 0 Å². The van der Waals surface area contributed by atoms with Crippen molar-refractivity contribution in [1.29, 1.82) is 0 Å². The molecule has 0 spiro atoms. The van der Waals surface area contributed by atoms with E-state index >= 15 is 0 Å². The summed E-state index contributed by atoms with van der Waals surface area (Å²) in [6.45, 7) is 3.68. The minimum Gasteiger partial charge on any atom is -0.378 e. The third-order valence-electron chi connectivity index (χ3n) is 3.61. The molecule has 2 heterocycles. The summed E-state index contributed by atoms with van der Waals surface area (Å²) in [6, 6.07) is 0.431. The zero-order valence-corrected chi connectivity index (χ0v) is 15.0. The Morgan fingerprint density at radius 2 is 2.10 bits per heavy atom. The predicted octanol–water partition coefficient (Wildman–Crippen LogP) is 1.67. The van der Waals surface area contributed by atoms with Gasteiger partial charge in [-0.15, -0.1) is 0 Å². The van der Waals surface area contributed by atoms with E-state index in [1.54, 1.807) is 7.11 Å². The van der Waals surface area contributed by atoms with Gasteiger partial charge in [0.25, 0.3) is 0 Å². The Labute approximate surface area is 138 Å². The standard InChI is InChI=1S/C13H20ClIN4O/c1-18-4-5-19(2)9(7-18)6-11-16-10(8-20-3)12(15)13(14)17-11/h9H,4-8H2,1-3H3. The van der Waals surface area contributed by atoms with Gasteiger partial charge in [0.15, 0.2) is 0 Å². The van der Waals surface area contributed by atoms with Crippen molar-refractivity contribution in [2.75, 3.05) is 40.8 Å². The highest BCUT2D eigenvalue weighted by molar-refractivity contribution is 14.1. The Bertz CT molecular complexity index is 474. The van der Waals surface area contributed by atoms with Gasteiger partial charge in [0.05, 0.1) is 15.9 Å². The van der Waals surface area contributed by atoms with Crippen LogP contribution in [0.15, 0.2) is 0 Å². The SMILES string of the molecule is COCc1nc(CC2CN(C)CCN2C)nc(Cl)c1I. The highest BCUT2D eigenvalue weighted by Gasteiger charge is 2.24. The fraction of sp³-hybridized carbons (Fsp3) is 0.692. The Balaban J connectivity index is 2.16. The lowest BCUT2D eigenvalue weighted by molar-refractivity contribution is 0.113. The van der Waals surface area contributed by atoms with Crippen LogP contribution in [0.25, 0.3) is 0 Å². The minimum atomic E-state index is 0.431. The zero-order valence-electron chi connectivity index (χ0n) is 12.1. The number of rotatable bonds is 4. The summed E-state index contributed by atoms with van der Waals surface area (Å²) < 4.78 is 6.05. The van der Waals surface area contributed by atoms with Gasteiger partial charge in [0.1, 0.15) is 11.0 Å². The molecule has 1 unspecified atom stereocenters. The van der Waals surface area contributed by atoms with Gasteiger partial charge in [-0.3, -0.25) is 0 Å². The molecule has 0 aliphatic carbocycles. The van der Waals surface area contributed by atoms with E-state index in [1.165, 1.54) is 0 Å². The van der Waals surface area contributed by atoms with Crippen LogP contribution in [-0.2, 0) is 17.8 Å². The van der Waals surface area contributed by atoms with E-state index < -0.39 is 0 Å². The Hall–Kier alpha value is -0.0200. The van der Waals surface area contributed by atoms with Crippen LogP contribution < -0.4 is 0 Å². The summed E-state index contributed by atoms with van der Waals surface area (Å²) in [5, 5.41) is 0.523. The molecule has 1 aliphatic heterocycles. The van der Waals surface area contributed by atoms with Crippen molar-refractivity contribution in [2.24, 2.45) is 0 Å². The topological polar surface area (TPSA) is 41.5 Å². The summed E-state index contributed by atoms with van der Waals surface area (Å²) in [6.07, 6.45) is 0.814. The first-order chi connectivity index (χ1) is 9.51. The first kappa shape index (κ1) is 16.4. The summed E-state index contributed by atoms with van der Waals surface area (Å²) in [5.74, 6) is 0.801. The van der Waals surface area contributed by atoms with Crippen molar-refractivity contribution < 1.29 is 4.74 Å². The highest BCUT2D eigenvalue weighted by atomic mass is 127. The average molecular weight is 411 g/mol. The number of methoxy groups -OCH3 is 1. The number of ether oxygens (including phenoxy) is 1. The number of hydrogen-bond acceptors (Lipinski definition) is 5. The molecule has 0 N–H and O–H groups in total. The second kappa shape index (κ2) is 7.31. The molecule has 0 saturated carbocycles. The van der Waals surface area contributed by atoms with Crippen molar-refractivity contribution in [2.45, 2.75) is 19.1 Å². The maximum absolute atomic E-state index is 6.20. The predicted molar refractivity (Wildman–Crippen MR) is 88.1 cm³/mol. The van der Waals surface area contributed by atoms with Gasteiger partial charge >= 0.3 is 0 Å². The molecule has 1 aliphatic rings. The lowest BCUT2D eigenvalue weighted by Crippen LogP contribution is -2.51. The largest absolute Gasteiger partial charge is 0.378 e. The molecule has 20 heavy (non-hydrogen) atoms. The second-order valence-electron chi connectivity index (χ2n) is 5.23. The first-order valence-corrected chi connectivity index (χ1v) is 8.05. The molecule has 112 valence electrons. The van der Waals surface area contributed by atoms with E-state index in [9.17, 15) is 0 Å². The van der Waals surface area contributed by atoms with E-state index in [2.05, 4.69) is 56.5 Å². The smallest absolute Gasteiger partial charge is 0.146 e. The second-order valence-corrected chi connectivity index (χ2v) is 6.66. The Morgan fingerprint density at radius 3 is 2.80 bits per heavy atom. The van der Waals surface area contributed by atoms with Crippen molar-refractivity contribution >= 4 is 34.2 Å².